The molecule has 1 unspecified atom stereocenters. The van der Waals surface area contributed by atoms with Crippen LogP contribution in [0.2, 0.25) is 0 Å². The summed E-state index contributed by atoms with van der Waals surface area (Å²) in [6.45, 7) is 8.09. The van der Waals surface area contributed by atoms with E-state index in [1.165, 1.54) is 0 Å². The van der Waals surface area contributed by atoms with E-state index in [9.17, 15) is 10.0 Å². The molecular formula is C23H32N2O4. The maximum atomic E-state index is 12.3. The standard InChI is InChI=1S/C23H32N2O4/c1-23(2,3)21(19-11-6-4-7-12-19)29-22(26)25(27)17-10-15-24-16-18-28-20-13-8-5-9-14-20/h4-9,11-14,21,24,27H,10,15-18H2,1-3H3. The highest BCUT2D eigenvalue weighted by Crippen LogP contribution is 2.36. The Hall–Kier alpha value is -2.57. The van der Waals surface area contributed by atoms with Crippen molar-refractivity contribution in [2.75, 3.05) is 26.2 Å². The summed E-state index contributed by atoms with van der Waals surface area (Å²) < 4.78 is 11.2. The third-order valence-corrected chi connectivity index (χ3v) is 4.33. The lowest BCUT2D eigenvalue weighted by atomic mass is 9.84. The van der Waals surface area contributed by atoms with Crippen molar-refractivity contribution in [1.82, 2.24) is 10.4 Å². The van der Waals surface area contributed by atoms with Crippen molar-refractivity contribution in [3.8, 4) is 5.75 Å². The Morgan fingerprint density at radius 1 is 1.03 bits per heavy atom. The Kier molecular flexibility index (Phi) is 8.96. The maximum absolute atomic E-state index is 12.3. The predicted molar refractivity (Wildman–Crippen MR) is 113 cm³/mol. The van der Waals surface area contributed by atoms with E-state index in [2.05, 4.69) is 5.32 Å². The lowest BCUT2D eigenvalue weighted by Gasteiger charge is -2.31. The first-order valence-corrected chi connectivity index (χ1v) is 9.98. The number of para-hydroxylation sites is 1. The zero-order chi connectivity index (χ0) is 21.1. The van der Waals surface area contributed by atoms with Gasteiger partial charge in [-0.3, -0.25) is 5.21 Å². The average molecular weight is 401 g/mol. The fourth-order valence-corrected chi connectivity index (χ4v) is 2.86. The van der Waals surface area contributed by atoms with E-state index in [1.54, 1.807) is 0 Å². The first-order chi connectivity index (χ1) is 13.9. The molecule has 1 atom stereocenters. The smallest absolute Gasteiger partial charge is 0.434 e. The lowest BCUT2D eigenvalue weighted by Crippen LogP contribution is -2.34. The number of carbonyl (C=O) groups is 1. The normalized spacial score (nSPS) is 12.3. The van der Waals surface area contributed by atoms with Crippen LogP contribution in [0.4, 0.5) is 4.79 Å². The van der Waals surface area contributed by atoms with Crippen LogP contribution < -0.4 is 10.1 Å². The summed E-state index contributed by atoms with van der Waals surface area (Å²) in [5, 5.41) is 13.9. The zero-order valence-electron chi connectivity index (χ0n) is 17.5. The molecule has 2 rings (SSSR count). The van der Waals surface area contributed by atoms with Gasteiger partial charge in [0, 0.05) is 12.0 Å². The second-order valence-corrected chi connectivity index (χ2v) is 7.93. The van der Waals surface area contributed by atoms with E-state index in [0.29, 0.717) is 31.2 Å². The molecule has 0 heterocycles. The van der Waals surface area contributed by atoms with Crippen LogP contribution in [0.1, 0.15) is 38.9 Å². The van der Waals surface area contributed by atoms with Crippen molar-refractivity contribution in [2.24, 2.45) is 5.41 Å². The van der Waals surface area contributed by atoms with Crippen molar-refractivity contribution < 1.29 is 19.5 Å². The number of ether oxygens (including phenoxy) is 2. The molecule has 0 saturated carbocycles. The minimum absolute atomic E-state index is 0.191. The lowest BCUT2D eigenvalue weighted by molar-refractivity contribution is -0.0959. The molecule has 6 nitrogen and oxygen atoms in total. The van der Waals surface area contributed by atoms with Gasteiger partial charge in [-0.1, -0.05) is 69.3 Å². The third kappa shape index (κ3) is 8.13. The van der Waals surface area contributed by atoms with Gasteiger partial charge in [0.1, 0.15) is 18.5 Å². The summed E-state index contributed by atoms with van der Waals surface area (Å²) in [5.41, 5.74) is 0.611. The van der Waals surface area contributed by atoms with Crippen molar-refractivity contribution in [3.63, 3.8) is 0 Å². The number of hydrogen-bond donors (Lipinski definition) is 2. The largest absolute Gasteiger partial charge is 0.492 e. The van der Waals surface area contributed by atoms with Gasteiger partial charge in [0.2, 0.25) is 0 Å². The molecule has 29 heavy (non-hydrogen) atoms. The van der Waals surface area contributed by atoms with E-state index in [1.807, 2.05) is 81.4 Å². The first-order valence-electron chi connectivity index (χ1n) is 9.98. The van der Waals surface area contributed by atoms with E-state index in [4.69, 9.17) is 9.47 Å². The van der Waals surface area contributed by atoms with Crippen molar-refractivity contribution in [2.45, 2.75) is 33.3 Å². The van der Waals surface area contributed by atoms with E-state index >= 15 is 0 Å². The summed E-state index contributed by atoms with van der Waals surface area (Å²) in [7, 11) is 0. The van der Waals surface area contributed by atoms with Gasteiger partial charge in [-0.25, -0.2) is 4.79 Å². The Morgan fingerprint density at radius 2 is 1.66 bits per heavy atom. The number of hydrogen-bond acceptors (Lipinski definition) is 5. The molecule has 0 spiro atoms. The molecule has 2 aromatic rings. The summed E-state index contributed by atoms with van der Waals surface area (Å²) >= 11 is 0. The van der Waals surface area contributed by atoms with Crippen LogP contribution in [-0.4, -0.2) is 42.6 Å². The highest BCUT2D eigenvalue weighted by Gasteiger charge is 2.31. The molecule has 0 fully saturated rings. The molecular weight excluding hydrogens is 368 g/mol. The van der Waals surface area contributed by atoms with Crippen LogP contribution in [0.3, 0.4) is 0 Å². The zero-order valence-corrected chi connectivity index (χ0v) is 17.5. The van der Waals surface area contributed by atoms with Gasteiger partial charge < -0.3 is 14.8 Å². The minimum atomic E-state index is -0.735. The highest BCUT2D eigenvalue weighted by atomic mass is 16.6. The number of nitrogens with one attached hydrogen (secondary N) is 1. The van der Waals surface area contributed by atoms with Gasteiger partial charge in [-0.15, -0.1) is 0 Å². The molecule has 0 saturated heterocycles. The number of benzene rings is 2. The predicted octanol–water partition coefficient (Wildman–Crippen LogP) is 4.66. The molecule has 0 aliphatic carbocycles. The molecule has 1 amide bonds. The van der Waals surface area contributed by atoms with Gasteiger partial charge in [0.15, 0.2) is 0 Å². The fourth-order valence-electron chi connectivity index (χ4n) is 2.86. The molecule has 0 radical (unpaired) electrons. The van der Waals surface area contributed by atoms with Crippen LogP contribution in [0, 0.1) is 5.41 Å². The van der Waals surface area contributed by atoms with Crippen molar-refractivity contribution in [1.29, 1.82) is 0 Å². The maximum Gasteiger partial charge on any atom is 0.434 e. The Labute approximate surface area is 173 Å². The van der Waals surface area contributed by atoms with Crippen molar-refractivity contribution >= 4 is 6.09 Å². The minimum Gasteiger partial charge on any atom is -0.492 e. The Balaban J connectivity index is 1.67. The molecule has 0 aliphatic heterocycles. The van der Waals surface area contributed by atoms with Crippen LogP contribution in [-0.2, 0) is 4.74 Å². The molecule has 0 aromatic heterocycles. The average Bonchev–Trinajstić information content (AvgIpc) is 2.71. The van der Waals surface area contributed by atoms with E-state index in [-0.39, 0.29) is 12.0 Å². The summed E-state index contributed by atoms with van der Waals surface area (Å²) in [4.78, 5) is 12.3. The molecule has 2 aromatic carbocycles. The quantitative estimate of drug-likeness (QED) is 0.345. The molecule has 158 valence electrons. The fraction of sp³-hybridized carbons (Fsp3) is 0.435. The van der Waals surface area contributed by atoms with Crippen molar-refractivity contribution in [3.05, 3.63) is 66.2 Å². The van der Waals surface area contributed by atoms with Crippen LogP contribution in [0.15, 0.2) is 60.7 Å². The monoisotopic (exact) mass is 400 g/mol. The topological polar surface area (TPSA) is 71.0 Å². The first kappa shape index (κ1) is 22.7. The van der Waals surface area contributed by atoms with Gasteiger partial charge in [0.25, 0.3) is 0 Å². The summed E-state index contributed by atoms with van der Waals surface area (Å²) in [6.07, 6.45) is -0.581. The summed E-state index contributed by atoms with van der Waals surface area (Å²) in [6, 6.07) is 19.2. The third-order valence-electron chi connectivity index (χ3n) is 4.33. The number of nitrogens with zero attached hydrogens (tertiary/aromatic N) is 1. The second kappa shape index (κ2) is 11.4. The Bertz CT molecular complexity index is 717. The highest BCUT2D eigenvalue weighted by molar-refractivity contribution is 5.66. The van der Waals surface area contributed by atoms with Gasteiger partial charge >= 0.3 is 6.09 Å². The number of amides is 1. The van der Waals surface area contributed by atoms with Gasteiger partial charge in [-0.05, 0) is 30.7 Å². The SMILES string of the molecule is CC(C)(C)C(OC(=O)N(O)CCCNCCOc1ccccc1)c1ccccc1. The van der Waals surface area contributed by atoms with Crippen LogP contribution in [0.5, 0.6) is 5.75 Å². The molecule has 0 aliphatic rings. The molecule has 0 bridgehead atoms. The number of rotatable bonds is 10. The van der Waals surface area contributed by atoms with E-state index < -0.39 is 12.2 Å². The van der Waals surface area contributed by atoms with E-state index in [0.717, 1.165) is 11.3 Å². The van der Waals surface area contributed by atoms with Crippen LogP contribution in [0.25, 0.3) is 0 Å². The number of hydroxylamine groups is 2. The number of carbonyl (C=O) groups excluding carboxylic acids is 1. The molecule has 2 N–H and O–H groups in total. The van der Waals surface area contributed by atoms with Gasteiger partial charge in [-0.2, -0.15) is 5.06 Å². The van der Waals surface area contributed by atoms with Crippen LogP contribution >= 0.6 is 0 Å². The summed E-state index contributed by atoms with van der Waals surface area (Å²) in [5.74, 6) is 0.838. The van der Waals surface area contributed by atoms with Gasteiger partial charge in [0.05, 0.1) is 6.54 Å². The molecule has 6 heteroatoms. The second-order valence-electron chi connectivity index (χ2n) is 7.93. The Morgan fingerprint density at radius 3 is 2.28 bits per heavy atom.